The van der Waals surface area contributed by atoms with E-state index in [1.807, 2.05) is 51.9 Å². The fourth-order valence-electron chi connectivity index (χ4n) is 4.48. The number of amides is 1. The van der Waals surface area contributed by atoms with E-state index in [-0.39, 0.29) is 17.6 Å². The Balaban J connectivity index is 1.28. The first-order valence-corrected chi connectivity index (χ1v) is 9.93. The Kier molecular flexibility index (Phi) is 4.19. The summed E-state index contributed by atoms with van der Waals surface area (Å²) in [6.45, 7) is 1.30. The summed E-state index contributed by atoms with van der Waals surface area (Å²) in [4.78, 5) is 30.2. The predicted octanol–water partition coefficient (Wildman–Crippen LogP) is 2.89. The second-order valence-corrected chi connectivity index (χ2v) is 7.63. The minimum Gasteiger partial charge on any atom is -0.480 e. The summed E-state index contributed by atoms with van der Waals surface area (Å²) in [7, 11) is 0. The molecule has 1 saturated heterocycles. The fraction of sp³-hybridized carbons (Fsp3) is 0.364. The largest absolute Gasteiger partial charge is 0.480 e. The summed E-state index contributed by atoms with van der Waals surface area (Å²) in [5, 5.41) is 0. The van der Waals surface area contributed by atoms with Gasteiger partial charge in [0, 0.05) is 19.1 Å². The van der Waals surface area contributed by atoms with Gasteiger partial charge in [-0.1, -0.05) is 30.3 Å². The average Bonchev–Trinajstić information content (AvgIpc) is 3.08. The van der Waals surface area contributed by atoms with Crippen molar-refractivity contribution in [2.75, 3.05) is 13.1 Å². The summed E-state index contributed by atoms with van der Waals surface area (Å²) < 4.78 is 7.82. The molecule has 28 heavy (non-hydrogen) atoms. The molecule has 2 aliphatic rings. The minimum atomic E-state index is -0.401. The standard InChI is InChI=1S/C22H23N3O3/c26-21(20-10-9-15-5-1-4-8-19(15)28-20)24-13-11-16(12-14-24)25-18-7-3-2-6-17(18)23-22(25)27/h1-8,16,20H,9-14H2,(H,23,27). The number of aryl methyl sites for hydroxylation is 1. The summed E-state index contributed by atoms with van der Waals surface area (Å²) >= 11 is 0. The lowest BCUT2D eigenvalue weighted by Gasteiger charge is -2.35. The van der Waals surface area contributed by atoms with Crippen LogP contribution in [0.2, 0.25) is 0 Å². The number of H-pyrrole nitrogens is 1. The van der Waals surface area contributed by atoms with E-state index in [0.717, 1.165) is 42.5 Å². The van der Waals surface area contributed by atoms with Crippen LogP contribution < -0.4 is 10.4 Å². The Morgan fingerprint density at radius 1 is 1.00 bits per heavy atom. The number of fused-ring (bicyclic) bond motifs is 2. The molecular formula is C22H23N3O3. The molecule has 2 aliphatic heterocycles. The number of aromatic nitrogens is 2. The number of imidazole rings is 1. The molecule has 144 valence electrons. The Morgan fingerprint density at radius 3 is 2.61 bits per heavy atom. The maximum Gasteiger partial charge on any atom is 0.326 e. The SMILES string of the molecule is O=C(C1CCc2ccccc2O1)N1CCC(n2c(=O)[nH]c3ccccc32)CC1. The van der Waals surface area contributed by atoms with Crippen LogP contribution in [0.25, 0.3) is 11.0 Å². The normalized spacial score (nSPS) is 20.0. The molecule has 0 radical (unpaired) electrons. The summed E-state index contributed by atoms with van der Waals surface area (Å²) in [5.74, 6) is 0.895. The van der Waals surface area contributed by atoms with Crippen molar-refractivity contribution in [3.63, 3.8) is 0 Å². The molecule has 1 N–H and O–H groups in total. The number of ether oxygens (including phenoxy) is 1. The van der Waals surface area contributed by atoms with E-state index in [4.69, 9.17) is 4.74 Å². The molecule has 0 aliphatic carbocycles. The number of nitrogens with zero attached hydrogens (tertiary/aromatic N) is 2. The highest BCUT2D eigenvalue weighted by molar-refractivity contribution is 5.82. The Morgan fingerprint density at radius 2 is 1.75 bits per heavy atom. The first-order chi connectivity index (χ1) is 13.7. The Bertz CT molecular complexity index is 1080. The number of hydrogen-bond donors (Lipinski definition) is 1. The summed E-state index contributed by atoms with van der Waals surface area (Å²) in [6, 6.07) is 15.8. The molecule has 0 saturated carbocycles. The fourth-order valence-corrected chi connectivity index (χ4v) is 4.48. The number of piperidine rings is 1. The van der Waals surface area contributed by atoms with Gasteiger partial charge in [0.2, 0.25) is 0 Å². The molecule has 6 heteroatoms. The van der Waals surface area contributed by atoms with Crippen LogP contribution in [0.5, 0.6) is 5.75 Å². The van der Waals surface area contributed by atoms with Gasteiger partial charge in [-0.2, -0.15) is 0 Å². The van der Waals surface area contributed by atoms with E-state index >= 15 is 0 Å². The van der Waals surface area contributed by atoms with Crippen LogP contribution in [0.1, 0.15) is 30.9 Å². The highest BCUT2D eigenvalue weighted by atomic mass is 16.5. The first-order valence-electron chi connectivity index (χ1n) is 9.93. The molecular weight excluding hydrogens is 354 g/mol. The third-order valence-electron chi connectivity index (χ3n) is 5.96. The number of benzene rings is 2. The number of carbonyl (C=O) groups is 1. The van der Waals surface area contributed by atoms with E-state index in [9.17, 15) is 9.59 Å². The maximum absolute atomic E-state index is 13.0. The number of carbonyl (C=O) groups excluding carboxylic acids is 1. The van der Waals surface area contributed by atoms with E-state index in [1.165, 1.54) is 5.56 Å². The molecule has 1 aromatic heterocycles. The zero-order valence-corrected chi connectivity index (χ0v) is 15.6. The molecule has 3 aromatic rings. The molecule has 0 spiro atoms. The molecule has 6 nitrogen and oxygen atoms in total. The lowest BCUT2D eigenvalue weighted by molar-refractivity contribution is -0.140. The summed E-state index contributed by atoms with van der Waals surface area (Å²) in [5.41, 5.74) is 2.90. The van der Waals surface area contributed by atoms with Crippen molar-refractivity contribution < 1.29 is 9.53 Å². The Labute approximate surface area is 162 Å². The van der Waals surface area contributed by atoms with E-state index in [2.05, 4.69) is 11.1 Å². The zero-order chi connectivity index (χ0) is 19.1. The van der Waals surface area contributed by atoms with Crippen molar-refractivity contribution in [2.45, 2.75) is 37.8 Å². The molecule has 5 rings (SSSR count). The van der Waals surface area contributed by atoms with Gasteiger partial charge in [-0.05, 0) is 49.4 Å². The second kappa shape index (κ2) is 6.86. The average molecular weight is 377 g/mol. The number of nitrogens with one attached hydrogen (secondary N) is 1. The van der Waals surface area contributed by atoms with Gasteiger partial charge in [0.1, 0.15) is 5.75 Å². The number of para-hydroxylation sites is 3. The summed E-state index contributed by atoms with van der Waals surface area (Å²) in [6.07, 6.45) is 2.74. The van der Waals surface area contributed by atoms with Crippen molar-refractivity contribution in [2.24, 2.45) is 0 Å². The molecule has 1 unspecified atom stereocenters. The van der Waals surface area contributed by atoms with Crippen LogP contribution in [0.15, 0.2) is 53.3 Å². The minimum absolute atomic E-state index is 0.0687. The lowest BCUT2D eigenvalue weighted by Crippen LogP contribution is -2.47. The molecule has 1 fully saturated rings. The zero-order valence-electron chi connectivity index (χ0n) is 15.6. The van der Waals surface area contributed by atoms with Crippen LogP contribution in [0, 0.1) is 0 Å². The second-order valence-electron chi connectivity index (χ2n) is 7.63. The molecule has 1 amide bonds. The van der Waals surface area contributed by atoms with Gasteiger partial charge in [-0.3, -0.25) is 9.36 Å². The highest BCUT2D eigenvalue weighted by Gasteiger charge is 2.33. The number of likely N-dealkylation sites (tertiary alicyclic amines) is 1. The quantitative estimate of drug-likeness (QED) is 0.747. The smallest absolute Gasteiger partial charge is 0.326 e. The van der Waals surface area contributed by atoms with Crippen LogP contribution >= 0.6 is 0 Å². The highest BCUT2D eigenvalue weighted by Crippen LogP contribution is 2.30. The monoisotopic (exact) mass is 377 g/mol. The topological polar surface area (TPSA) is 67.3 Å². The van der Waals surface area contributed by atoms with Crippen LogP contribution in [0.3, 0.4) is 0 Å². The molecule has 1 atom stereocenters. The third-order valence-corrected chi connectivity index (χ3v) is 5.96. The van der Waals surface area contributed by atoms with Gasteiger partial charge in [0.15, 0.2) is 6.10 Å². The number of rotatable bonds is 2. The van der Waals surface area contributed by atoms with Gasteiger partial charge in [0.05, 0.1) is 11.0 Å². The van der Waals surface area contributed by atoms with E-state index in [1.54, 1.807) is 0 Å². The predicted molar refractivity (Wildman–Crippen MR) is 107 cm³/mol. The van der Waals surface area contributed by atoms with Crippen molar-refractivity contribution in [1.82, 2.24) is 14.5 Å². The maximum atomic E-state index is 13.0. The van der Waals surface area contributed by atoms with Crippen molar-refractivity contribution in [3.05, 3.63) is 64.6 Å². The molecule has 2 aromatic carbocycles. The van der Waals surface area contributed by atoms with E-state index < -0.39 is 6.10 Å². The van der Waals surface area contributed by atoms with Gasteiger partial charge in [-0.15, -0.1) is 0 Å². The van der Waals surface area contributed by atoms with Gasteiger partial charge in [0.25, 0.3) is 5.91 Å². The van der Waals surface area contributed by atoms with Crippen molar-refractivity contribution >= 4 is 16.9 Å². The van der Waals surface area contributed by atoms with Gasteiger partial charge >= 0.3 is 5.69 Å². The molecule has 3 heterocycles. The van der Waals surface area contributed by atoms with Crippen molar-refractivity contribution in [1.29, 1.82) is 0 Å². The molecule has 0 bridgehead atoms. The van der Waals surface area contributed by atoms with Gasteiger partial charge in [-0.25, -0.2) is 4.79 Å². The number of aromatic amines is 1. The van der Waals surface area contributed by atoms with Crippen LogP contribution in [-0.4, -0.2) is 39.6 Å². The van der Waals surface area contributed by atoms with Gasteiger partial charge < -0.3 is 14.6 Å². The van der Waals surface area contributed by atoms with Crippen molar-refractivity contribution in [3.8, 4) is 5.75 Å². The Hall–Kier alpha value is -3.02. The lowest BCUT2D eigenvalue weighted by atomic mass is 9.99. The third kappa shape index (κ3) is 2.89. The number of hydrogen-bond acceptors (Lipinski definition) is 3. The van der Waals surface area contributed by atoms with Crippen LogP contribution in [0.4, 0.5) is 0 Å². The van der Waals surface area contributed by atoms with Crippen LogP contribution in [-0.2, 0) is 11.2 Å². The van der Waals surface area contributed by atoms with E-state index in [0.29, 0.717) is 13.1 Å². The first kappa shape index (κ1) is 17.1.